The lowest BCUT2D eigenvalue weighted by molar-refractivity contribution is 0.0940. The second-order valence-electron chi connectivity index (χ2n) is 4.24. The van der Waals surface area contributed by atoms with E-state index in [0.29, 0.717) is 16.3 Å². The van der Waals surface area contributed by atoms with Gasteiger partial charge in [-0.25, -0.2) is 4.98 Å². The second-order valence-corrected chi connectivity index (χ2v) is 5.94. The number of amides is 1. The summed E-state index contributed by atoms with van der Waals surface area (Å²) in [6, 6.07) is 4.67. The van der Waals surface area contributed by atoms with E-state index in [1.807, 2.05) is 13.8 Å². The molecule has 0 bridgehead atoms. The van der Waals surface area contributed by atoms with Crippen LogP contribution in [0.25, 0.3) is 0 Å². The van der Waals surface area contributed by atoms with Gasteiger partial charge in [0.05, 0.1) is 11.6 Å². The number of hydrogen-bond acceptors (Lipinski definition) is 4. The first-order valence-electron chi connectivity index (χ1n) is 5.75. The van der Waals surface area contributed by atoms with E-state index in [9.17, 15) is 4.79 Å². The fourth-order valence-corrected chi connectivity index (χ4v) is 2.58. The van der Waals surface area contributed by atoms with Crippen molar-refractivity contribution in [2.24, 2.45) is 0 Å². The Bertz CT molecular complexity index is 612. The van der Waals surface area contributed by atoms with E-state index in [1.165, 1.54) is 0 Å². The minimum Gasteiger partial charge on any atom is -0.398 e. The summed E-state index contributed by atoms with van der Waals surface area (Å²) in [6.45, 7) is 3.86. The van der Waals surface area contributed by atoms with Crippen LogP contribution in [-0.4, -0.2) is 10.9 Å². The summed E-state index contributed by atoms with van der Waals surface area (Å²) in [6.07, 6.45) is 1.79. The van der Waals surface area contributed by atoms with E-state index in [2.05, 4.69) is 10.3 Å². The van der Waals surface area contributed by atoms with Gasteiger partial charge in [0.15, 0.2) is 0 Å². The molecule has 2 rings (SSSR count). The van der Waals surface area contributed by atoms with Crippen LogP contribution in [0.4, 0.5) is 5.69 Å². The van der Waals surface area contributed by atoms with Crippen molar-refractivity contribution in [3.05, 3.63) is 44.9 Å². The molecule has 1 aromatic carbocycles. The van der Waals surface area contributed by atoms with E-state index in [4.69, 9.17) is 17.3 Å². The van der Waals surface area contributed by atoms with Crippen molar-refractivity contribution in [2.75, 3.05) is 5.73 Å². The Morgan fingerprint density at radius 3 is 2.89 bits per heavy atom. The van der Waals surface area contributed by atoms with Crippen molar-refractivity contribution in [3.8, 4) is 0 Å². The molecule has 0 saturated heterocycles. The monoisotopic (exact) mass is 295 g/mol. The lowest BCUT2D eigenvalue weighted by Crippen LogP contribution is -2.27. The summed E-state index contributed by atoms with van der Waals surface area (Å²) < 4.78 is 0. The van der Waals surface area contributed by atoms with Crippen molar-refractivity contribution >= 4 is 34.5 Å². The molecule has 0 saturated carbocycles. The number of nitrogens with zero attached hydrogens (tertiary/aromatic N) is 1. The molecule has 1 amide bonds. The molecule has 1 aromatic heterocycles. The normalized spacial score (nSPS) is 12.2. The molecule has 1 unspecified atom stereocenters. The molecular formula is C13H14ClN3OS. The first-order valence-corrected chi connectivity index (χ1v) is 6.95. The van der Waals surface area contributed by atoms with E-state index in [-0.39, 0.29) is 11.9 Å². The van der Waals surface area contributed by atoms with Gasteiger partial charge in [-0.15, -0.1) is 11.3 Å². The molecule has 0 aliphatic heterocycles. The van der Waals surface area contributed by atoms with Gasteiger partial charge < -0.3 is 11.1 Å². The SMILES string of the molecule is Cc1cnc(C(C)NC(=O)c2cc(Cl)ccc2N)s1. The van der Waals surface area contributed by atoms with Crippen LogP contribution in [0, 0.1) is 6.92 Å². The van der Waals surface area contributed by atoms with E-state index < -0.39 is 0 Å². The third-order valence-electron chi connectivity index (χ3n) is 2.62. The molecule has 0 aliphatic carbocycles. The summed E-state index contributed by atoms with van der Waals surface area (Å²) in [5.74, 6) is -0.250. The number of thiazole rings is 1. The van der Waals surface area contributed by atoms with Gasteiger partial charge in [-0.05, 0) is 32.0 Å². The summed E-state index contributed by atoms with van der Waals surface area (Å²) in [5.41, 5.74) is 6.57. The Hall–Kier alpha value is -1.59. The maximum Gasteiger partial charge on any atom is 0.253 e. The number of benzene rings is 1. The maximum atomic E-state index is 12.1. The standard InChI is InChI=1S/C13H14ClN3OS/c1-7-6-16-13(19-7)8(2)17-12(18)10-5-9(14)3-4-11(10)15/h3-6,8H,15H2,1-2H3,(H,17,18). The van der Waals surface area contributed by atoms with Gasteiger partial charge in [0.25, 0.3) is 5.91 Å². The molecule has 1 heterocycles. The number of carbonyl (C=O) groups excluding carboxylic acids is 1. The van der Waals surface area contributed by atoms with Gasteiger partial charge in [0.2, 0.25) is 0 Å². The van der Waals surface area contributed by atoms with Gasteiger partial charge in [-0.3, -0.25) is 4.79 Å². The number of halogens is 1. The molecular weight excluding hydrogens is 282 g/mol. The number of aromatic nitrogens is 1. The van der Waals surface area contributed by atoms with Crippen LogP contribution in [0.3, 0.4) is 0 Å². The Kier molecular flexibility index (Phi) is 4.07. The lowest BCUT2D eigenvalue weighted by Gasteiger charge is -2.12. The average Bonchev–Trinajstić information content (AvgIpc) is 2.79. The van der Waals surface area contributed by atoms with Crippen molar-refractivity contribution in [1.29, 1.82) is 0 Å². The largest absolute Gasteiger partial charge is 0.398 e. The molecule has 6 heteroatoms. The number of anilines is 1. The highest BCUT2D eigenvalue weighted by Gasteiger charge is 2.16. The Morgan fingerprint density at radius 2 is 2.26 bits per heavy atom. The van der Waals surface area contributed by atoms with Crippen molar-refractivity contribution in [3.63, 3.8) is 0 Å². The van der Waals surface area contributed by atoms with Crippen LogP contribution in [0.5, 0.6) is 0 Å². The molecule has 1 atom stereocenters. The lowest BCUT2D eigenvalue weighted by atomic mass is 10.1. The van der Waals surface area contributed by atoms with Gasteiger partial charge in [0.1, 0.15) is 5.01 Å². The molecule has 0 aliphatic rings. The molecule has 100 valence electrons. The molecule has 2 aromatic rings. The summed E-state index contributed by atoms with van der Waals surface area (Å²) in [4.78, 5) is 17.5. The highest BCUT2D eigenvalue weighted by molar-refractivity contribution is 7.11. The number of nitrogens with two attached hydrogens (primary N) is 1. The fraction of sp³-hybridized carbons (Fsp3) is 0.231. The number of carbonyl (C=O) groups is 1. The molecule has 4 nitrogen and oxygen atoms in total. The van der Waals surface area contributed by atoms with Gasteiger partial charge >= 0.3 is 0 Å². The highest BCUT2D eigenvalue weighted by atomic mass is 35.5. The predicted octanol–water partition coefficient (Wildman–Crippen LogP) is 3.18. The van der Waals surface area contributed by atoms with Crippen LogP contribution in [0.15, 0.2) is 24.4 Å². The molecule has 3 N–H and O–H groups in total. The number of hydrogen-bond donors (Lipinski definition) is 2. The molecule has 0 radical (unpaired) electrons. The Morgan fingerprint density at radius 1 is 1.53 bits per heavy atom. The van der Waals surface area contributed by atoms with E-state index >= 15 is 0 Å². The Balaban J connectivity index is 2.15. The van der Waals surface area contributed by atoms with Gasteiger partial charge in [-0.2, -0.15) is 0 Å². The summed E-state index contributed by atoms with van der Waals surface area (Å²) >= 11 is 7.43. The smallest absolute Gasteiger partial charge is 0.253 e. The number of nitrogens with one attached hydrogen (secondary N) is 1. The number of rotatable bonds is 3. The molecule has 0 spiro atoms. The topological polar surface area (TPSA) is 68.0 Å². The zero-order valence-electron chi connectivity index (χ0n) is 10.6. The molecule has 19 heavy (non-hydrogen) atoms. The average molecular weight is 296 g/mol. The Labute approximate surface area is 120 Å². The second kappa shape index (κ2) is 5.59. The first kappa shape index (κ1) is 13.8. The highest BCUT2D eigenvalue weighted by Crippen LogP contribution is 2.21. The summed E-state index contributed by atoms with van der Waals surface area (Å²) in [7, 11) is 0. The third kappa shape index (κ3) is 3.24. The number of nitrogen functional groups attached to an aromatic ring is 1. The summed E-state index contributed by atoms with van der Waals surface area (Å²) in [5, 5.41) is 4.21. The minimum atomic E-state index is -0.250. The zero-order valence-corrected chi connectivity index (χ0v) is 12.2. The predicted molar refractivity (Wildman–Crippen MR) is 78.6 cm³/mol. The number of aryl methyl sites for hydroxylation is 1. The van der Waals surface area contributed by atoms with Crippen molar-refractivity contribution in [1.82, 2.24) is 10.3 Å². The fourth-order valence-electron chi connectivity index (χ4n) is 1.63. The van der Waals surface area contributed by atoms with Crippen LogP contribution >= 0.6 is 22.9 Å². The van der Waals surface area contributed by atoms with Crippen molar-refractivity contribution in [2.45, 2.75) is 19.9 Å². The van der Waals surface area contributed by atoms with Crippen LogP contribution in [0.2, 0.25) is 5.02 Å². The molecule has 0 fully saturated rings. The third-order valence-corrected chi connectivity index (χ3v) is 3.95. The zero-order chi connectivity index (χ0) is 14.0. The van der Waals surface area contributed by atoms with E-state index in [0.717, 1.165) is 9.88 Å². The van der Waals surface area contributed by atoms with Crippen molar-refractivity contribution < 1.29 is 4.79 Å². The van der Waals surface area contributed by atoms with Gasteiger partial charge in [-0.1, -0.05) is 11.6 Å². The van der Waals surface area contributed by atoms with Crippen LogP contribution in [-0.2, 0) is 0 Å². The van der Waals surface area contributed by atoms with Crippen LogP contribution in [0.1, 0.15) is 33.2 Å². The maximum absolute atomic E-state index is 12.1. The van der Waals surface area contributed by atoms with Crippen LogP contribution < -0.4 is 11.1 Å². The van der Waals surface area contributed by atoms with Gasteiger partial charge in [0, 0.05) is 21.8 Å². The first-order chi connectivity index (χ1) is 8.97. The minimum absolute atomic E-state index is 0.162. The van der Waals surface area contributed by atoms with E-state index in [1.54, 1.807) is 35.7 Å². The quantitative estimate of drug-likeness (QED) is 0.855.